The standard InChI is InChI=1S/C19H24O2/c1-5-13-11(2)18(21)10-16-14(13)6-7-15-12(3)17(20)8-9-19(15,16)4/h5,10,12,15,21H,1,6-9H2,2-4H3/t12-,15+,19+/m0/s1. The number of hydrogen-bond acceptors (Lipinski definition) is 2. The average Bonchev–Trinajstić information content (AvgIpc) is 2.46. The van der Waals surface area contributed by atoms with E-state index in [-0.39, 0.29) is 11.3 Å². The number of hydrogen-bond donors (Lipinski definition) is 1. The lowest BCUT2D eigenvalue weighted by atomic mass is 9.54. The van der Waals surface area contributed by atoms with E-state index in [1.807, 2.05) is 19.1 Å². The number of aromatic hydroxyl groups is 1. The molecule has 0 aromatic heterocycles. The molecule has 1 aromatic rings. The van der Waals surface area contributed by atoms with Gasteiger partial charge >= 0.3 is 0 Å². The van der Waals surface area contributed by atoms with Crippen LogP contribution in [0.15, 0.2) is 12.6 Å². The first-order valence-electron chi connectivity index (χ1n) is 7.91. The van der Waals surface area contributed by atoms with Crippen LogP contribution >= 0.6 is 0 Å². The Bertz CT molecular complexity index is 629. The topological polar surface area (TPSA) is 37.3 Å². The summed E-state index contributed by atoms with van der Waals surface area (Å²) in [6, 6.07) is 1.95. The second-order valence-electron chi connectivity index (χ2n) is 6.98. The molecule has 2 nitrogen and oxygen atoms in total. The highest BCUT2D eigenvalue weighted by Crippen LogP contribution is 2.53. The van der Waals surface area contributed by atoms with Crippen LogP contribution in [0.25, 0.3) is 6.08 Å². The summed E-state index contributed by atoms with van der Waals surface area (Å²) < 4.78 is 0. The minimum Gasteiger partial charge on any atom is -0.508 e. The maximum atomic E-state index is 12.1. The molecule has 0 spiro atoms. The second-order valence-corrected chi connectivity index (χ2v) is 6.98. The molecule has 2 aliphatic rings. The third kappa shape index (κ3) is 1.88. The number of ketones is 1. The van der Waals surface area contributed by atoms with Crippen LogP contribution < -0.4 is 0 Å². The van der Waals surface area contributed by atoms with Crippen molar-refractivity contribution in [3.8, 4) is 5.75 Å². The zero-order valence-corrected chi connectivity index (χ0v) is 13.2. The molecule has 112 valence electrons. The monoisotopic (exact) mass is 284 g/mol. The fourth-order valence-corrected chi connectivity index (χ4v) is 4.67. The van der Waals surface area contributed by atoms with Gasteiger partial charge in [-0.05, 0) is 65.8 Å². The van der Waals surface area contributed by atoms with Crippen molar-refractivity contribution in [1.29, 1.82) is 0 Å². The van der Waals surface area contributed by atoms with Gasteiger partial charge in [-0.25, -0.2) is 0 Å². The smallest absolute Gasteiger partial charge is 0.136 e. The highest BCUT2D eigenvalue weighted by molar-refractivity contribution is 5.82. The van der Waals surface area contributed by atoms with Gasteiger partial charge in [0.15, 0.2) is 0 Å². The van der Waals surface area contributed by atoms with Crippen LogP contribution in [0.1, 0.15) is 55.4 Å². The van der Waals surface area contributed by atoms with Gasteiger partial charge in [-0.15, -0.1) is 0 Å². The first-order chi connectivity index (χ1) is 9.90. The number of carbonyl (C=O) groups excluding carboxylic acids is 1. The van der Waals surface area contributed by atoms with E-state index in [0.717, 1.165) is 30.4 Å². The van der Waals surface area contributed by atoms with E-state index in [0.29, 0.717) is 23.9 Å². The molecule has 1 saturated carbocycles. The molecule has 0 unspecified atom stereocenters. The van der Waals surface area contributed by atoms with Gasteiger partial charge in [-0.3, -0.25) is 4.79 Å². The van der Waals surface area contributed by atoms with Crippen molar-refractivity contribution in [3.63, 3.8) is 0 Å². The van der Waals surface area contributed by atoms with E-state index < -0.39 is 0 Å². The average molecular weight is 284 g/mol. The number of phenolic OH excluding ortho intramolecular Hbond substituents is 1. The summed E-state index contributed by atoms with van der Waals surface area (Å²) >= 11 is 0. The number of fused-ring (bicyclic) bond motifs is 3. The molecule has 0 amide bonds. The van der Waals surface area contributed by atoms with Crippen LogP contribution in [0.5, 0.6) is 5.75 Å². The summed E-state index contributed by atoms with van der Waals surface area (Å²) in [6.45, 7) is 10.2. The SMILES string of the molecule is C=Cc1c(C)c(O)cc2c1CC[C@@H]1[C@H](C)C(=O)CC[C@@]21C. The van der Waals surface area contributed by atoms with Gasteiger partial charge in [0, 0.05) is 12.3 Å². The number of phenols is 1. The molecule has 2 heteroatoms. The number of rotatable bonds is 1. The summed E-state index contributed by atoms with van der Waals surface area (Å²) in [4.78, 5) is 12.1. The Morgan fingerprint density at radius 3 is 2.81 bits per heavy atom. The van der Waals surface area contributed by atoms with E-state index in [1.165, 1.54) is 11.1 Å². The molecule has 1 aromatic carbocycles. The molecule has 1 N–H and O–H groups in total. The third-order valence-corrected chi connectivity index (χ3v) is 6.06. The molecule has 2 aliphatic carbocycles. The van der Waals surface area contributed by atoms with Crippen molar-refractivity contribution in [2.75, 3.05) is 0 Å². The van der Waals surface area contributed by atoms with Gasteiger partial charge in [0.1, 0.15) is 11.5 Å². The molecule has 0 bridgehead atoms. The minimum absolute atomic E-state index is 0.00382. The van der Waals surface area contributed by atoms with Gasteiger partial charge in [-0.2, -0.15) is 0 Å². The Kier molecular flexibility index (Phi) is 3.23. The summed E-state index contributed by atoms with van der Waals surface area (Å²) in [5.41, 5.74) is 4.60. The molecular weight excluding hydrogens is 260 g/mol. The number of Topliss-reactive ketones (excluding diaryl/α,β-unsaturated/α-hetero) is 1. The maximum absolute atomic E-state index is 12.1. The summed E-state index contributed by atoms with van der Waals surface area (Å²) in [7, 11) is 0. The van der Waals surface area contributed by atoms with E-state index in [2.05, 4.69) is 20.4 Å². The van der Waals surface area contributed by atoms with Crippen LogP contribution in [0.4, 0.5) is 0 Å². The van der Waals surface area contributed by atoms with E-state index in [4.69, 9.17) is 0 Å². The zero-order valence-electron chi connectivity index (χ0n) is 13.2. The maximum Gasteiger partial charge on any atom is 0.136 e. The molecule has 3 rings (SSSR count). The van der Waals surface area contributed by atoms with Gasteiger partial charge in [0.25, 0.3) is 0 Å². The predicted octanol–water partition coefficient (Wildman–Crippen LogP) is 4.16. The molecular formula is C19H24O2. The molecule has 0 aliphatic heterocycles. The van der Waals surface area contributed by atoms with Gasteiger partial charge in [-0.1, -0.05) is 26.5 Å². The molecule has 1 fully saturated rings. The van der Waals surface area contributed by atoms with E-state index in [9.17, 15) is 9.90 Å². The molecule has 0 heterocycles. The van der Waals surface area contributed by atoms with Crippen LogP contribution in [0.2, 0.25) is 0 Å². The summed E-state index contributed by atoms with van der Waals surface area (Å²) in [6.07, 6.45) is 5.46. The lowest BCUT2D eigenvalue weighted by Crippen LogP contribution is -2.46. The second kappa shape index (κ2) is 4.72. The lowest BCUT2D eigenvalue weighted by Gasteiger charge is -2.49. The largest absolute Gasteiger partial charge is 0.508 e. The van der Waals surface area contributed by atoms with Crippen molar-refractivity contribution in [2.24, 2.45) is 11.8 Å². The highest BCUT2D eigenvalue weighted by Gasteiger charge is 2.48. The van der Waals surface area contributed by atoms with E-state index >= 15 is 0 Å². The fraction of sp³-hybridized carbons (Fsp3) is 0.526. The van der Waals surface area contributed by atoms with Crippen molar-refractivity contribution >= 4 is 11.9 Å². The Hall–Kier alpha value is -1.57. The fourth-order valence-electron chi connectivity index (χ4n) is 4.67. The number of benzene rings is 1. The lowest BCUT2D eigenvalue weighted by molar-refractivity contribution is -0.128. The first kappa shape index (κ1) is 14.4. The quantitative estimate of drug-likeness (QED) is 0.840. The minimum atomic E-state index is 0.00382. The van der Waals surface area contributed by atoms with Crippen LogP contribution in [0, 0.1) is 18.8 Å². The van der Waals surface area contributed by atoms with Crippen LogP contribution in [0.3, 0.4) is 0 Å². The van der Waals surface area contributed by atoms with Crippen molar-refractivity contribution in [3.05, 3.63) is 34.9 Å². The highest BCUT2D eigenvalue weighted by atomic mass is 16.3. The summed E-state index contributed by atoms with van der Waals surface area (Å²) in [5, 5.41) is 10.3. The summed E-state index contributed by atoms with van der Waals surface area (Å²) in [5.74, 6) is 1.29. The van der Waals surface area contributed by atoms with Gasteiger partial charge in [0.2, 0.25) is 0 Å². The van der Waals surface area contributed by atoms with Crippen molar-refractivity contribution in [1.82, 2.24) is 0 Å². The predicted molar refractivity (Wildman–Crippen MR) is 85.5 cm³/mol. The van der Waals surface area contributed by atoms with Crippen LogP contribution in [-0.4, -0.2) is 10.9 Å². The Morgan fingerprint density at radius 1 is 1.43 bits per heavy atom. The van der Waals surface area contributed by atoms with Crippen molar-refractivity contribution in [2.45, 2.75) is 51.9 Å². The molecule has 0 saturated heterocycles. The number of carbonyl (C=O) groups is 1. The van der Waals surface area contributed by atoms with Gasteiger partial charge < -0.3 is 5.11 Å². The first-order valence-corrected chi connectivity index (χ1v) is 7.91. The zero-order chi connectivity index (χ0) is 15.4. The molecule has 0 radical (unpaired) electrons. The Morgan fingerprint density at radius 2 is 2.14 bits per heavy atom. The molecule has 21 heavy (non-hydrogen) atoms. The van der Waals surface area contributed by atoms with Crippen LogP contribution in [-0.2, 0) is 16.6 Å². The normalized spacial score (nSPS) is 31.5. The Labute approximate surface area is 126 Å². The van der Waals surface area contributed by atoms with Crippen molar-refractivity contribution < 1.29 is 9.90 Å². The van der Waals surface area contributed by atoms with E-state index in [1.54, 1.807) is 0 Å². The van der Waals surface area contributed by atoms with Gasteiger partial charge in [0.05, 0.1) is 0 Å². The Balaban J connectivity index is 2.21. The molecule has 3 atom stereocenters. The third-order valence-electron chi connectivity index (χ3n) is 6.06.